The molecule has 0 spiro atoms. The molecule has 20 heteroatoms. The minimum absolute atomic E-state index is 0.00455. The summed E-state index contributed by atoms with van der Waals surface area (Å²) in [5.41, 5.74) is -3.92. The Hall–Kier alpha value is -6.73. The lowest BCUT2D eigenvalue weighted by molar-refractivity contribution is -0.137. The van der Waals surface area contributed by atoms with Crippen molar-refractivity contribution in [2.45, 2.75) is 70.1 Å². The molecule has 3 aliphatic heterocycles. The average molecular weight is 992 g/mol. The van der Waals surface area contributed by atoms with Crippen LogP contribution in [-0.2, 0) is 19.3 Å². The van der Waals surface area contributed by atoms with Crippen LogP contribution in [0.15, 0.2) is 72.9 Å². The molecule has 1 amide bonds. The normalized spacial score (nSPS) is 18.3. The highest BCUT2D eigenvalue weighted by atomic mass is 35.5. The first-order valence-corrected chi connectivity index (χ1v) is 22.9. The lowest BCUT2D eigenvalue weighted by atomic mass is 9.91. The molecule has 0 aliphatic carbocycles. The van der Waals surface area contributed by atoms with Crippen molar-refractivity contribution in [3.8, 4) is 34.4 Å². The first-order chi connectivity index (χ1) is 33.5. The van der Waals surface area contributed by atoms with Gasteiger partial charge in [-0.05, 0) is 86.3 Å². The second-order valence-electron chi connectivity index (χ2n) is 17.7. The Labute approximate surface area is 403 Å². The number of nitrogens with one attached hydrogen (secondary N) is 1. The molecular weight excluding hydrogens is 944 g/mol. The van der Waals surface area contributed by atoms with Crippen molar-refractivity contribution in [3.05, 3.63) is 117 Å². The third-order valence-electron chi connectivity index (χ3n) is 13.4. The number of anilines is 3. The minimum atomic E-state index is -5.24. The van der Waals surface area contributed by atoms with Crippen molar-refractivity contribution in [1.29, 1.82) is 0 Å². The minimum Gasteiger partial charge on any atom is -0.497 e. The fraction of sp³-hybridized carbons (Fsp3) is 0.360. The second kappa shape index (κ2) is 19.2. The molecule has 2 fully saturated rings. The first kappa shape index (κ1) is 48.3. The van der Waals surface area contributed by atoms with Crippen LogP contribution in [0.2, 0.25) is 5.02 Å². The number of methoxy groups -OCH3 is 2. The molecule has 0 radical (unpaired) electrons. The molecule has 6 aromatic rings. The number of hydrogen-bond donors (Lipinski definition) is 2. The molecule has 3 aliphatic rings. The van der Waals surface area contributed by atoms with Crippen LogP contribution in [0.4, 0.5) is 48.5 Å². The van der Waals surface area contributed by atoms with E-state index in [0.29, 0.717) is 41.2 Å². The summed E-state index contributed by atoms with van der Waals surface area (Å²) in [6.45, 7) is 3.39. The number of hydrogen-bond acceptors (Lipinski definition) is 11. The van der Waals surface area contributed by atoms with Crippen molar-refractivity contribution in [2.24, 2.45) is 0 Å². The number of carbonyl (C=O) groups is 1. The largest absolute Gasteiger partial charge is 0.497 e. The smallest absolute Gasteiger partial charge is 0.417 e. The number of aryl methyl sites for hydroxylation is 1. The molecule has 0 bridgehead atoms. The van der Waals surface area contributed by atoms with Crippen LogP contribution in [0, 0.1) is 18.6 Å². The van der Waals surface area contributed by atoms with Crippen LogP contribution in [0.5, 0.6) is 23.3 Å². The van der Waals surface area contributed by atoms with Gasteiger partial charge in [0.25, 0.3) is 0 Å². The van der Waals surface area contributed by atoms with E-state index in [-0.39, 0.29) is 74.3 Å². The van der Waals surface area contributed by atoms with Crippen LogP contribution in [0.3, 0.4) is 0 Å². The molecule has 0 unspecified atom stereocenters. The number of pyridine rings is 1. The number of carboxylic acid groups (broad SMARTS) is 1. The third-order valence-corrected chi connectivity index (χ3v) is 13.7. The van der Waals surface area contributed by atoms with Crippen molar-refractivity contribution < 1.29 is 55.2 Å². The van der Waals surface area contributed by atoms with Gasteiger partial charge in [0, 0.05) is 48.9 Å². The van der Waals surface area contributed by atoms with Gasteiger partial charge in [0.2, 0.25) is 0 Å². The van der Waals surface area contributed by atoms with Crippen LogP contribution in [-0.4, -0.2) is 89.8 Å². The fourth-order valence-electron chi connectivity index (χ4n) is 10.1. The van der Waals surface area contributed by atoms with E-state index in [4.69, 9.17) is 35.5 Å². The number of alkyl halides is 4. The maximum absolute atomic E-state index is 18.1. The summed E-state index contributed by atoms with van der Waals surface area (Å²) in [5, 5.41) is 11.1. The van der Waals surface area contributed by atoms with Crippen LogP contribution in [0.1, 0.15) is 60.0 Å². The van der Waals surface area contributed by atoms with E-state index in [2.05, 4.69) is 15.3 Å². The summed E-state index contributed by atoms with van der Waals surface area (Å²) in [7, 11) is 3.01. The van der Waals surface area contributed by atoms with E-state index in [1.165, 1.54) is 27.3 Å². The standard InChI is InChI=1S/C50H48ClF6N7O6/c1-27-21-35(62(23-29-8-12-32(67-3)13-9-29)24-30-10-14-33(68-4)15-11-30)41(53)36(39(27)50(55,56)57)37-40(51)44-38-43(42(37)54)59-47(70-26-49-16-6-18-63(49)25-31(52)22-49)61-46(38)64(19-20-69-44)28(2)34-7-5-17-58-45(34)60-48(65)66/h5,7-15,17,21,28,31H,6,16,18-20,22-26H2,1-4H3,(H,58,60)(H,65,66)/t28-,31-,49+/m1/s1. The van der Waals surface area contributed by atoms with Gasteiger partial charge < -0.3 is 33.9 Å². The van der Waals surface area contributed by atoms with Gasteiger partial charge in [-0.2, -0.15) is 23.1 Å². The molecule has 368 valence electrons. The lowest BCUT2D eigenvalue weighted by Gasteiger charge is -2.32. The zero-order chi connectivity index (χ0) is 49.6. The molecule has 0 saturated carbocycles. The van der Waals surface area contributed by atoms with E-state index in [1.807, 2.05) is 4.90 Å². The van der Waals surface area contributed by atoms with Gasteiger partial charge in [0.05, 0.1) is 54.0 Å². The van der Waals surface area contributed by atoms with E-state index in [9.17, 15) is 14.3 Å². The summed E-state index contributed by atoms with van der Waals surface area (Å²) in [5.74, 6) is -2.09. The zero-order valence-corrected chi connectivity index (χ0v) is 39.2. The highest BCUT2D eigenvalue weighted by Gasteiger charge is 2.50. The monoisotopic (exact) mass is 991 g/mol. The molecule has 9 rings (SSSR count). The number of amides is 1. The number of nitrogens with zero attached hydrogens (tertiary/aromatic N) is 6. The number of ether oxygens (including phenoxy) is 4. The SMILES string of the molecule is COc1ccc(CN(Cc2ccc(OC)cc2)c2cc(C)c(C(F)(F)F)c(-c3c(Cl)c4c5c(nc(OC[C@@]67CCCN6C[C@H](F)C7)nc5c3F)N([C@H](C)c3cccnc3NC(=O)O)CCO4)c2F)cc1. The highest BCUT2D eigenvalue weighted by molar-refractivity contribution is 6.36. The molecular formula is C50H48ClF6N7O6. The average Bonchev–Trinajstić information content (AvgIpc) is 3.79. The van der Waals surface area contributed by atoms with E-state index >= 15 is 22.0 Å². The summed E-state index contributed by atoms with van der Waals surface area (Å²) < 4.78 is 121. The summed E-state index contributed by atoms with van der Waals surface area (Å²) in [6.07, 6.45) is -4.78. The first-order valence-electron chi connectivity index (χ1n) is 22.5. The Morgan fingerprint density at radius 3 is 2.30 bits per heavy atom. The number of halogens is 7. The van der Waals surface area contributed by atoms with Gasteiger partial charge in [-0.25, -0.2) is 22.9 Å². The van der Waals surface area contributed by atoms with Gasteiger partial charge >= 0.3 is 18.3 Å². The van der Waals surface area contributed by atoms with Crippen molar-refractivity contribution in [3.63, 3.8) is 0 Å². The molecule has 70 heavy (non-hydrogen) atoms. The van der Waals surface area contributed by atoms with E-state index < -0.39 is 80.5 Å². The molecule has 4 aromatic carbocycles. The number of aromatic nitrogens is 3. The Morgan fingerprint density at radius 1 is 1.00 bits per heavy atom. The number of fused-ring (bicyclic) bond motifs is 1. The molecule has 2 saturated heterocycles. The van der Waals surface area contributed by atoms with Crippen molar-refractivity contribution in [1.82, 2.24) is 19.9 Å². The van der Waals surface area contributed by atoms with Gasteiger partial charge in [0.1, 0.15) is 48.0 Å². The van der Waals surface area contributed by atoms with E-state index in [1.54, 1.807) is 77.4 Å². The maximum atomic E-state index is 18.1. The van der Waals surface area contributed by atoms with Crippen LogP contribution >= 0.6 is 11.6 Å². The quantitative estimate of drug-likeness (QED) is 0.101. The van der Waals surface area contributed by atoms with Crippen LogP contribution < -0.4 is 34.1 Å². The van der Waals surface area contributed by atoms with Gasteiger partial charge in [0.15, 0.2) is 17.4 Å². The third kappa shape index (κ3) is 9.11. The van der Waals surface area contributed by atoms with Crippen molar-refractivity contribution in [2.75, 3.05) is 62.2 Å². The Balaban J connectivity index is 1.26. The Kier molecular flexibility index (Phi) is 13.3. The summed E-state index contributed by atoms with van der Waals surface area (Å²) >= 11 is 7.12. The van der Waals surface area contributed by atoms with Gasteiger partial charge in [-0.1, -0.05) is 41.9 Å². The summed E-state index contributed by atoms with van der Waals surface area (Å²) in [4.78, 5) is 30.5. The highest BCUT2D eigenvalue weighted by Crippen LogP contribution is 2.53. The maximum Gasteiger partial charge on any atom is 0.417 e. The predicted octanol–water partition coefficient (Wildman–Crippen LogP) is 11.2. The van der Waals surface area contributed by atoms with Gasteiger partial charge in [-0.3, -0.25) is 10.2 Å². The second-order valence-corrected chi connectivity index (χ2v) is 18.0. The Morgan fingerprint density at radius 2 is 1.67 bits per heavy atom. The number of rotatable bonds is 14. The molecule has 5 heterocycles. The molecule has 2 aromatic heterocycles. The van der Waals surface area contributed by atoms with E-state index in [0.717, 1.165) is 12.5 Å². The molecule has 3 atom stereocenters. The summed E-state index contributed by atoms with van der Waals surface area (Å²) in [6, 6.07) is 16.9. The van der Waals surface area contributed by atoms with Crippen LogP contribution in [0.25, 0.3) is 22.0 Å². The fourth-order valence-corrected chi connectivity index (χ4v) is 10.4. The topological polar surface area (TPSA) is 135 Å². The molecule has 2 N–H and O–H groups in total. The van der Waals surface area contributed by atoms with Gasteiger partial charge in [-0.15, -0.1) is 0 Å². The Bertz CT molecular complexity index is 2900. The lowest BCUT2D eigenvalue weighted by Crippen LogP contribution is -2.43. The van der Waals surface area contributed by atoms with Crippen molar-refractivity contribution >= 4 is 45.9 Å². The molecule has 13 nitrogen and oxygen atoms in total. The number of benzene rings is 4. The predicted molar refractivity (Wildman–Crippen MR) is 251 cm³/mol. The zero-order valence-electron chi connectivity index (χ0n) is 38.5.